The summed E-state index contributed by atoms with van der Waals surface area (Å²) >= 11 is 7.49. The minimum atomic E-state index is -4.38. The minimum absolute atomic E-state index is 0.215. The first kappa shape index (κ1) is 9.73. The summed E-state index contributed by atoms with van der Waals surface area (Å²) < 4.78 is 36.5. The molecule has 1 rings (SSSR count). The van der Waals surface area contributed by atoms with Gasteiger partial charge in [-0.1, -0.05) is 12.2 Å². The van der Waals surface area contributed by atoms with Crippen LogP contribution < -0.4 is 0 Å². The molecule has 12 heavy (non-hydrogen) atoms. The van der Waals surface area contributed by atoms with E-state index in [-0.39, 0.29) is 4.51 Å². The molecule has 1 heterocycles. The van der Waals surface area contributed by atoms with Gasteiger partial charge in [0.15, 0.2) is 0 Å². The van der Waals surface area contributed by atoms with Crippen molar-refractivity contribution in [2.24, 2.45) is 0 Å². The molecule has 1 nitrogen and oxygen atoms in total. The van der Waals surface area contributed by atoms with Crippen molar-refractivity contribution in [3.8, 4) is 0 Å². The Bertz CT molecular complexity index is 343. The molecule has 0 saturated carbocycles. The first-order valence-corrected chi connectivity index (χ1v) is 4.07. The number of alkyl halides is 3. The Kier molecular flexibility index (Phi) is 2.58. The molecule has 66 valence electrons. The van der Waals surface area contributed by atoms with Crippen LogP contribution in [0.3, 0.4) is 0 Å². The van der Waals surface area contributed by atoms with E-state index < -0.39 is 11.7 Å². The Morgan fingerprint density at radius 1 is 1.42 bits per heavy atom. The van der Waals surface area contributed by atoms with E-state index in [2.05, 4.69) is 33.1 Å². The van der Waals surface area contributed by atoms with Crippen LogP contribution in [0.25, 0.3) is 0 Å². The molecule has 0 saturated heterocycles. The highest BCUT2D eigenvalue weighted by Gasteiger charge is 2.31. The largest absolute Gasteiger partial charge is 0.419 e. The highest BCUT2D eigenvalue weighted by Crippen LogP contribution is 2.30. The van der Waals surface area contributed by atoms with E-state index in [9.17, 15) is 13.2 Å². The zero-order valence-corrected chi connectivity index (χ0v) is 7.98. The Morgan fingerprint density at radius 3 is 2.42 bits per heavy atom. The van der Waals surface area contributed by atoms with Gasteiger partial charge in [-0.3, -0.25) is 0 Å². The van der Waals surface area contributed by atoms with Crippen LogP contribution in [0.2, 0.25) is 0 Å². The Morgan fingerprint density at radius 2 is 2.00 bits per heavy atom. The van der Waals surface area contributed by atoms with Gasteiger partial charge in [-0.05, 0) is 22.0 Å². The van der Waals surface area contributed by atoms with Gasteiger partial charge in [0.25, 0.3) is 0 Å². The second kappa shape index (κ2) is 3.18. The molecule has 0 bridgehead atoms. The SMILES string of the molecule is FC(F)(F)c1c[nH]c(Br)cc1=S. The number of rotatable bonds is 0. The zero-order chi connectivity index (χ0) is 9.35. The maximum absolute atomic E-state index is 12.1. The van der Waals surface area contributed by atoms with Crippen LogP contribution in [0, 0.1) is 4.51 Å². The molecule has 0 aliphatic heterocycles. The van der Waals surface area contributed by atoms with Crippen molar-refractivity contribution in [2.75, 3.05) is 0 Å². The molecule has 0 fully saturated rings. The molecule has 6 heteroatoms. The predicted octanol–water partition coefficient (Wildman–Crippen LogP) is 3.53. The number of nitrogens with one attached hydrogen (secondary N) is 1. The van der Waals surface area contributed by atoms with Crippen LogP contribution in [-0.2, 0) is 6.18 Å². The molecule has 1 aromatic rings. The van der Waals surface area contributed by atoms with Crippen molar-refractivity contribution in [3.63, 3.8) is 0 Å². The highest BCUT2D eigenvalue weighted by atomic mass is 79.9. The lowest BCUT2D eigenvalue weighted by atomic mass is 10.3. The summed E-state index contributed by atoms with van der Waals surface area (Å²) in [6.45, 7) is 0. The fourth-order valence-electron chi connectivity index (χ4n) is 0.668. The molecule has 0 aliphatic carbocycles. The summed E-state index contributed by atoms with van der Waals surface area (Å²) in [5.74, 6) is 0. The molecule has 0 amide bonds. The monoisotopic (exact) mass is 257 g/mol. The lowest BCUT2D eigenvalue weighted by Gasteiger charge is -2.05. The van der Waals surface area contributed by atoms with E-state index in [1.165, 1.54) is 6.07 Å². The van der Waals surface area contributed by atoms with E-state index in [4.69, 9.17) is 0 Å². The molecule has 1 aromatic heterocycles. The number of hydrogen-bond donors (Lipinski definition) is 1. The quantitative estimate of drug-likeness (QED) is 0.556. The van der Waals surface area contributed by atoms with Crippen molar-refractivity contribution in [1.29, 1.82) is 0 Å². The molecular weight excluding hydrogens is 255 g/mol. The van der Waals surface area contributed by atoms with Gasteiger partial charge in [0.1, 0.15) is 0 Å². The lowest BCUT2D eigenvalue weighted by molar-refractivity contribution is -0.138. The van der Waals surface area contributed by atoms with Crippen LogP contribution in [0.15, 0.2) is 16.9 Å². The summed E-state index contributed by atoms with van der Waals surface area (Å²) in [7, 11) is 0. The van der Waals surface area contributed by atoms with Crippen LogP contribution in [-0.4, -0.2) is 4.98 Å². The second-order valence-electron chi connectivity index (χ2n) is 2.06. The number of aromatic amines is 1. The molecule has 0 aliphatic rings. The first-order valence-electron chi connectivity index (χ1n) is 2.86. The van der Waals surface area contributed by atoms with Gasteiger partial charge < -0.3 is 4.98 Å². The van der Waals surface area contributed by atoms with Gasteiger partial charge in [0.2, 0.25) is 0 Å². The van der Waals surface area contributed by atoms with Crippen LogP contribution in [0.4, 0.5) is 13.2 Å². The van der Waals surface area contributed by atoms with Gasteiger partial charge in [0, 0.05) is 6.20 Å². The molecular formula is C6H3BrF3NS. The Hall–Kier alpha value is -0.360. The number of halogens is 4. The smallest absolute Gasteiger partial charge is 0.355 e. The van der Waals surface area contributed by atoms with Crippen molar-refractivity contribution < 1.29 is 13.2 Å². The fraction of sp³-hybridized carbons (Fsp3) is 0.167. The average molecular weight is 258 g/mol. The van der Waals surface area contributed by atoms with Crippen LogP contribution in [0.1, 0.15) is 5.56 Å². The first-order chi connectivity index (χ1) is 5.41. The molecule has 0 radical (unpaired) electrons. The van der Waals surface area contributed by atoms with Gasteiger partial charge >= 0.3 is 6.18 Å². The van der Waals surface area contributed by atoms with Crippen LogP contribution >= 0.6 is 28.1 Å². The maximum atomic E-state index is 12.1. The topological polar surface area (TPSA) is 15.8 Å². The molecule has 1 N–H and O–H groups in total. The summed E-state index contributed by atoms with van der Waals surface area (Å²) in [5.41, 5.74) is -0.819. The number of pyridine rings is 1. The summed E-state index contributed by atoms with van der Waals surface area (Å²) in [6.07, 6.45) is -3.54. The van der Waals surface area contributed by atoms with Crippen molar-refractivity contribution in [1.82, 2.24) is 4.98 Å². The third kappa shape index (κ3) is 2.07. The Labute approximate surface area is 79.7 Å². The van der Waals surface area contributed by atoms with Gasteiger partial charge in [-0.25, -0.2) is 0 Å². The minimum Gasteiger partial charge on any atom is -0.355 e. The van der Waals surface area contributed by atoms with Crippen molar-refractivity contribution in [2.45, 2.75) is 6.18 Å². The second-order valence-corrected chi connectivity index (χ2v) is 3.35. The maximum Gasteiger partial charge on any atom is 0.419 e. The van der Waals surface area contributed by atoms with Gasteiger partial charge in [-0.2, -0.15) is 13.2 Å². The normalized spacial score (nSPS) is 11.7. The van der Waals surface area contributed by atoms with Crippen molar-refractivity contribution >= 4 is 28.1 Å². The van der Waals surface area contributed by atoms with E-state index in [1.54, 1.807) is 0 Å². The van der Waals surface area contributed by atoms with Gasteiger partial charge in [-0.15, -0.1) is 0 Å². The zero-order valence-electron chi connectivity index (χ0n) is 5.57. The van der Waals surface area contributed by atoms with E-state index in [1.807, 2.05) is 0 Å². The summed E-state index contributed by atoms with van der Waals surface area (Å²) in [4.78, 5) is 2.38. The third-order valence-corrected chi connectivity index (χ3v) is 1.98. The van der Waals surface area contributed by atoms with E-state index in [0.29, 0.717) is 4.60 Å². The highest BCUT2D eigenvalue weighted by molar-refractivity contribution is 9.10. The van der Waals surface area contributed by atoms with Crippen molar-refractivity contribution in [3.05, 3.63) is 26.9 Å². The number of H-pyrrole nitrogens is 1. The lowest BCUT2D eigenvalue weighted by Crippen LogP contribution is -2.06. The van der Waals surface area contributed by atoms with E-state index in [0.717, 1.165) is 6.20 Å². The Balaban J connectivity index is 3.29. The molecule has 0 atom stereocenters. The predicted molar refractivity (Wildman–Crippen MR) is 44.3 cm³/mol. The fourth-order valence-corrected chi connectivity index (χ4v) is 1.46. The summed E-state index contributed by atoms with van der Waals surface area (Å²) in [6, 6.07) is 1.21. The van der Waals surface area contributed by atoms with Gasteiger partial charge in [0.05, 0.1) is 14.7 Å². The third-order valence-electron chi connectivity index (χ3n) is 1.18. The average Bonchev–Trinajstić information content (AvgIpc) is 1.83. The standard InChI is InChI=1S/C6H3BrF3NS/c7-5-1-4(12)3(2-11-5)6(8,9)10/h1-2H,(H,11,12). The molecule has 0 aromatic carbocycles. The summed E-state index contributed by atoms with van der Waals surface area (Å²) in [5, 5.41) is 0. The van der Waals surface area contributed by atoms with Crippen LogP contribution in [0.5, 0.6) is 0 Å². The molecule has 0 unspecified atom stereocenters. The molecule has 0 spiro atoms. The number of aromatic nitrogens is 1. The number of hydrogen-bond acceptors (Lipinski definition) is 1. The van der Waals surface area contributed by atoms with E-state index >= 15 is 0 Å².